The van der Waals surface area contributed by atoms with Crippen LogP contribution in [0.15, 0.2) is 36.7 Å². The molecule has 0 aliphatic rings. The molecular formula is C14H18N4O. The van der Waals surface area contributed by atoms with Crippen molar-refractivity contribution in [2.75, 3.05) is 17.7 Å². The molecule has 1 aromatic carbocycles. The van der Waals surface area contributed by atoms with Crippen LogP contribution in [0.2, 0.25) is 0 Å². The van der Waals surface area contributed by atoms with E-state index in [1.807, 2.05) is 37.3 Å². The predicted molar refractivity (Wildman–Crippen MR) is 76.0 cm³/mol. The van der Waals surface area contributed by atoms with Gasteiger partial charge in [0, 0.05) is 6.54 Å². The van der Waals surface area contributed by atoms with Crippen LogP contribution in [-0.4, -0.2) is 16.6 Å². The molecule has 5 heteroatoms. The van der Waals surface area contributed by atoms with Gasteiger partial charge in [-0.1, -0.05) is 37.3 Å². The lowest BCUT2D eigenvalue weighted by atomic mass is 10.2. The monoisotopic (exact) mass is 258 g/mol. The van der Waals surface area contributed by atoms with Crippen molar-refractivity contribution in [2.45, 2.75) is 19.9 Å². The van der Waals surface area contributed by atoms with Crippen molar-refractivity contribution in [1.29, 1.82) is 0 Å². The minimum Gasteiger partial charge on any atom is -0.476 e. The summed E-state index contributed by atoms with van der Waals surface area (Å²) in [6, 6.07) is 10.1. The molecule has 5 nitrogen and oxygen atoms in total. The van der Waals surface area contributed by atoms with Crippen molar-refractivity contribution in [1.82, 2.24) is 9.97 Å². The minimum atomic E-state index is 0.437. The van der Waals surface area contributed by atoms with Gasteiger partial charge in [-0.2, -0.15) is 4.98 Å². The Morgan fingerprint density at radius 3 is 2.74 bits per heavy atom. The fraction of sp³-hybridized carbons (Fsp3) is 0.286. The molecule has 0 radical (unpaired) electrons. The van der Waals surface area contributed by atoms with Crippen LogP contribution >= 0.6 is 0 Å². The normalized spacial score (nSPS) is 10.2. The number of anilines is 2. The summed E-state index contributed by atoms with van der Waals surface area (Å²) < 4.78 is 5.46. The average Bonchev–Trinajstić information content (AvgIpc) is 2.46. The van der Waals surface area contributed by atoms with Crippen molar-refractivity contribution < 1.29 is 4.74 Å². The SMILES string of the molecule is CCCOc1ncnc(NCc2ccccc2)c1N. The van der Waals surface area contributed by atoms with Crippen LogP contribution in [0.5, 0.6) is 5.88 Å². The number of nitrogens with two attached hydrogens (primary N) is 1. The Kier molecular flexibility index (Phi) is 4.55. The largest absolute Gasteiger partial charge is 0.476 e. The van der Waals surface area contributed by atoms with E-state index >= 15 is 0 Å². The smallest absolute Gasteiger partial charge is 0.242 e. The molecule has 1 aromatic heterocycles. The maximum absolute atomic E-state index is 5.98. The Morgan fingerprint density at radius 1 is 1.21 bits per heavy atom. The second kappa shape index (κ2) is 6.58. The third-order valence-corrected chi connectivity index (χ3v) is 2.59. The number of nitrogen functional groups attached to an aromatic ring is 1. The van der Waals surface area contributed by atoms with Gasteiger partial charge in [-0.25, -0.2) is 4.98 Å². The molecule has 0 atom stereocenters. The summed E-state index contributed by atoms with van der Waals surface area (Å²) in [5.41, 5.74) is 7.59. The van der Waals surface area contributed by atoms with Crippen LogP contribution in [0, 0.1) is 0 Å². The summed E-state index contributed by atoms with van der Waals surface area (Å²) in [5, 5.41) is 3.19. The van der Waals surface area contributed by atoms with Gasteiger partial charge in [-0.05, 0) is 12.0 Å². The zero-order valence-corrected chi connectivity index (χ0v) is 11.0. The van der Waals surface area contributed by atoms with E-state index < -0.39 is 0 Å². The third-order valence-electron chi connectivity index (χ3n) is 2.59. The number of aromatic nitrogens is 2. The molecule has 0 saturated heterocycles. The van der Waals surface area contributed by atoms with Gasteiger partial charge < -0.3 is 15.8 Å². The number of nitrogens with one attached hydrogen (secondary N) is 1. The number of ether oxygens (including phenoxy) is 1. The van der Waals surface area contributed by atoms with Crippen LogP contribution in [0.3, 0.4) is 0 Å². The highest BCUT2D eigenvalue weighted by molar-refractivity contribution is 5.66. The van der Waals surface area contributed by atoms with Crippen molar-refractivity contribution >= 4 is 11.5 Å². The Bertz CT molecular complexity index is 516. The topological polar surface area (TPSA) is 73.1 Å². The quantitative estimate of drug-likeness (QED) is 0.832. The van der Waals surface area contributed by atoms with Gasteiger partial charge in [0.25, 0.3) is 0 Å². The standard InChI is InChI=1S/C14H18N4O/c1-2-8-19-14-12(15)13(17-10-18-14)16-9-11-6-4-3-5-7-11/h3-7,10H,2,8-9,15H2,1H3,(H,16,17,18). The zero-order valence-electron chi connectivity index (χ0n) is 11.0. The van der Waals surface area contributed by atoms with Gasteiger partial charge in [0.05, 0.1) is 6.61 Å². The molecule has 19 heavy (non-hydrogen) atoms. The van der Waals surface area contributed by atoms with Gasteiger partial charge in [0.1, 0.15) is 12.0 Å². The Morgan fingerprint density at radius 2 is 2.00 bits per heavy atom. The first kappa shape index (κ1) is 13.1. The molecule has 0 amide bonds. The molecular weight excluding hydrogens is 240 g/mol. The van der Waals surface area contributed by atoms with E-state index in [1.165, 1.54) is 6.33 Å². The first-order valence-corrected chi connectivity index (χ1v) is 6.32. The molecule has 0 saturated carbocycles. The molecule has 2 rings (SSSR count). The number of rotatable bonds is 6. The highest BCUT2D eigenvalue weighted by Gasteiger charge is 2.08. The highest BCUT2D eigenvalue weighted by atomic mass is 16.5. The van der Waals surface area contributed by atoms with Gasteiger partial charge in [-0.3, -0.25) is 0 Å². The van der Waals surface area contributed by atoms with Crippen LogP contribution in [-0.2, 0) is 6.54 Å². The Hall–Kier alpha value is -2.30. The summed E-state index contributed by atoms with van der Waals surface area (Å²) in [4.78, 5) is 8.17. The van der Waals surface area contributed by atoms with Crippen LogP contribution in [0.25, 0.3) is 0 Å². The molecule has 0 bridgehead atoms. The lowest BCUT2D eigenvalue weighted by Gasteiger charge is -2.11. The molecule has 100 valence electrons. The number of nitrogens with zero attached hydrogens (tertiary/aromatic N) is 2. The van der Waals surface area contributed by atoms with Crippen LogP contribution < -0.4 is 15.8 Å². The molecule has 1 heterocycles. The van der Waals surface area contributed by atoms with Crippen molar-refractivity contribution in [3.63, 3.8) is 0 Å². The second-order valence-corrected chi connectivity index (χ2v) is 4.13. The van der Waals surface area contributed by atoms with E-state index in [4.69, 9.17) is 10.5 Å². The fourth-order valence-corrected chi connectivity index (χ4v) is 1.62. The molecule has 2 aromatic rings. The maximum atomic E-state index is 5.98. The van der Waals surface area contributed by atoms with E-state index in [9.17, 15) is 0 Å². The molecule has 0 fully saturated rings. The fourth-order valence-electron chi connectivity index (χ4n) is 1.62. The van der Waals surface area contributed by atoms with Crippen LogP contribution in [0.4, 0.5) is 11.5 Å². The van der Waals surface area contributed by atoms with E-state index in [1.54, 1.807) is 0 Å². The first-order chi connectivity index (χ1) is 9.31. The summed E-state index contributed by atoms with van der Waals surface area (Å²) in [6.07, 6.45) is 2.37. The van der Waals surface area contributed by atoms with Gasteiger partial charge in [0.2, 0.25) is 5.88 Å². The van der Waals surface area contributed by atoms with Crippen molar-refractivity contribution in [3.8, 4) is 5.88 Å². The van der Waals surface area contributed by atoms with E-state index in [0.717, 1.165) is 12.0 Å². The zero-order chi connectivity index (χ0) is 13.5. The molecule has 3 N–H and O–H groups in total. The van der Waals surface area contributed by atoms with E-state index in [-0.39, 0.29) is 0 Å². The number of hydrogen-bond donors (Lipinski definition) is 2. The third kappa shape index (κ3) is 3.58. The van der Waals surface area contributed by atoms with E-state index in [2.05, 4.69) is 15.3 Å². The highest BCUT2D eigenvalue weighted by Crippen LogP contribution is 2.24. The van der Waals surface area contributed by atoms with Gasteiger partial charge >= 0.3 is 0 Å². The summed E-state index contributed by atoms with van der Waals surface area (Å²) in [6.45, 7) is 3.29. The first-order valence-electron chi connectivity index (χ1n) is 6.32. The number of hydrogen-bond acceptors (Lipinski definition) is 5. The van der Waals surface area contributed by atoms with Crippen LogP contribution in [0.1, 0.15) is 18.9 Å². The molecule has 0 aliphatic heterocycles. The predicted octanol–water partition coefficient (Wildman–Crippen LogP) is 2.46. The summed E-state index contributed by atoms with van der Waals surface area (Å²) in [5.74, 6) is 1.04. The van der Waals surface area contributed by atoms with Gasteiger partial charge in [0.15, 0.2) is 5.82 Å². The lowest BCUT2D eigenvalue weighted by Crippen LogP contribution is -2.08. The number of benzene rings is 1. The van der Waals surface area contributed by atoms with Crippen molar-refractivity contribution in [2.24, 2.45) is 0 Å². The average molecular weight is 258 g/mol. The minimum absolute atomic E-state index is 0.437. The second-order valence-electron chi connectivity index (χ2n) is 4.13. The molecule has 0 unspecified atom stereocenters. The summed E-state index contributed by atoms with van der Waals surface area (Å²) in [7, 11) is 0. The van der Waals surface area contributed by atoms with E-state index in [0.29, 0.717) is 30.5 Å². The van der Waals surface area contributed by atoms with Gasteiger partial charge in [-0.15, -0.1) is 0 Å². The van der Waals surface area contributed by atoms with Crippen molar-refractivity contribution in [3.05, 3.63) is 42.2 Å². The maximum Gasteiger partial charge on any atom is 0.242 e. The molecule has 0 aliphatic carbocycles. The molecule has 0 spiro atoms. The lowest BCUT2D eigenvalue weighted by molar-refractivity contribution is 0.306. The summed E-state index contributed by atoms with van der Waals surface area (Å²) >= 11 is 0. The Balaban J connectivity index is 2.04. The Labute approximate surface area is 112 Å².